The summed E-state index contributed by atoms with van der Waals surface area (Å²) in [5, 5.41) is 0. The van der Waals surface area contributed by atoms with Gasteiger partial charge in [-0.3, -0.25) is 0 Å². The molecule has 0 aromatic carbocycles. The smallest absolute Gasteiger partial charge is 0.211 e. The minimum absolute atomic E-state index is 0.00750. The summed E-state index contributed by atoms with van der Waals surface area (Å²) in [5.41, 5.74) is 0.0561. The summed E-state index contributed by atoms with van der Waals surface area (Å²) in [4.78, 5) is 53.9. The normalized spacial score (nSPS) is 22.4. The summed E-state index contributed by atoms with van der Waals surface area (Å²) in [6.07, 6.45) is 11.4. The molecule has 148 valence electrons. The second kappa shape index (κ2) is 13.7. The largest absolute Gasteiger partial charge is 0.235 e. The van der Waals surface area contributed by atoms with E-state index in [1.165, 1.54) is 12.2 Å². The maximum absolute atomic E-state index is 10.3. The van der Waals surface area contributed by atoms with Crippen molar-refractivity contribution < 1.29 is 19.2 Å². The molecular weight excluding hydrogens is 348 g/mol. The molecule has 8 heteroatoms. The number of aliphatic imine (C=N–C) groups is 4. The van der Waals surface area contributed by atoms with Crippen LogP contribution in [0.1, 0.15) is 59.3 Å². The first-order chi connectivity index (χ1) is 12.8. The van der Waals surface area contributed by atoms with Crippen molar-refractivity contribution in [2.75, 3.05) is 19.6 Å². The highest BCUT2D eigenvalue weighted by molar-refractivity contribution is 5.34. The molecule has 0 amide bonds. The van der Waals surface area contributed by atoms with E-state index in [1.807, 2.05) is 0 Å². The quantitative estimate of drug-likeness (QED) is 0.349. The Morgan fingerprint density at radius 3 is 1.81 bits per heavy atom. The number of hydrogen-bond donors (Lipinski definition) is 0. The molecule has 0 aliphatic heterocycles. The van der Waals surface area contributed by atoms with Crippen LogP contribution in [0.15, 0.2) is 20.0 Å². The molecule has 2 unspecified atom stereocenters. The van der Waals surface area contributed by atoms with Gasteiger partial charge in [0.2, 0.25) is 24.3 Å². The predicted octanol–water partition coefficient (Wildman–Crippen LogP) is 3.07. The third-order valence-electron chi connectivity index (χ3n) is 4.35. The van der Waals surface area contributed by atoms with Crippen molar-refractivity contribution in [2.24, 2.45) is 30.8 Å². The Bertz CT molecular complexity index is 618. The van der Waals surface area contributed by atoms with E-state index in [9.17, 15) is 19.2 Å². The van der Waals surface area contributed by atoms with Crippen molar-refractivity contribution in [3.63, 3.8) is 0 Å². The van der Waals surface area contributed by atoms with Crippen LogP contribution in [0.5, 0.6) is 0 Å². The molecule has 1 rings (SSSR count). The first-order valence-corrected chi connectivity index (χ1v) is 9.00. The third-order valence-corrected chi connectivity index (χ3v) is 4.35. The lowest BCUT2D eigenvalue weighted by Gasteiger charge is -2.44. The Kier molecular flexibility index (Phi) is 12.4. The molecule has 1 saturated carbocycles. The van der Waals surface area contributed by atoms with E-state index in [0.29, 0.717) is 19.6 Å². The molecule has 2 atom stereocenters. The van der Waals surface area contributed by atoms with Gasteiger partial charge in [0, 0.05) is 0 Å². The Morgan fingerprint density at radius 2 is 1.33 bits per heavy atom. The van der Waals surface area contributed by atoms with Gasteiger partial charge < -0.3 is 0 Å². The number of carbonyl (C=O) groups excluding carboxylic acids is 4. The standard InChI is InChI=1S/C12H18N2O2.C7H10N2O2/c1-11(2)4-10(14-9-16)5-12(3,6-11)7-13-8-15;10-6-8-4-2-1-3-5-9-7-11/h10H,4-7H2,1-3H3;1-5H2. The highest BCUT2D eigenvalue weighted by atomic mass is 16.1. The van der Waals surface area contributed by atoms with Crippen LogP contribution in [0.3, 0.4) is 0 Å². The van der Waals surface area contributed by atoms with E-state index >= 15 is 0 Å². The van der Waals surface area contributed by atoms with Crippen LogP contribution in [0.4, 0.5) is 0 Å². The molecule has 0 heterocycles. The minimum Gasteiger partial charge on any atom is -0.211 e. The van der Waals surface area contributed by atoms with Crippen molar-refractivity contribution in [3.05, 3.63) is 0 Å². The van der Waals surface area contributed by atoms with E-state index in [4.69, 9.17) is 0 Å². The van der Waals surface area contributed by atoms with Crippen molar-refractivity contribution in [1.82, 2.24) is 0 Å². The van der Waals surface area contributed by atoms with Crippen molar-refractivity contribution in [2.45, 2.75) is 65.3 Å². The summed E-state index contributed by atoms with van der Waals surface area (Å²) in [6, 6.07) is 0.00750. The Hall–Kier alpha value is -2.48. The molecular formula is C19H28N4O4. The third kappa shape index (κ3) is 12.5. The summed E-state index contributed by atoms with van der Waals surface area (Å²) in [5.74, 6) is 0. The number of rotatable bonds is 9. The molecule has 0 aromatic rings. The van der Waals surface area contributed by atoms with E-state index < -0.39 is 0 Å². The van der Waals surface area contributed by atoms with E-state index in [0.717, 1.165) is 38.5 Å². The molecule has 0 saturated heterocycles. The zero-order valence-corrected chi connectivity index (χ0v) is 16.4. The zero-order valence-electron chi connectivity index (χ0n) is 16.4. The minimum atomic E-state index is -0.0653. The number of nitrogens with zero attached hydrogens (tertiary/aromatic N) is 4. The van der Waals surface area contributed by atoms with Gasteiger partial charge in [0.1, 0.15) is 0 Å². The average Bonchev–Trinajstić information content (AvgIpc) is 2.58. The van der Waals surface area contributed by atoms with E-state index in [-0.39, 0.29) is 16.9 Å². The molecule has 8 nitrogen and oxygen atoms in total. The Morgan fingerprint density at radius 1 is 0.778 bits per heavy atom. The van der Waals surface area contributed by atoms with E-state index in [1.54, 1.807) is 12.2 Å². The topological polar surface area (TPSA) is 118 Å². The van der Waals surface area contributed by atoms with Gasteiger partial charge in [0.25, 0.3) is 0 Å². The Labute approximate surface area is 160 Å². The van der Waals surface area contributed by atoms with Crippen LogP contribution >= 0.6 is 0 Å². The monoisotopic (exact) mass is 376 g/mol. The lowest BCUT2D eigenvalue weighted by molar-refractivity contribution is 0.0915. The van der Waals surface area contributed by atoms with Crippen molar-refractivity contribution >= 4 is 24.3 Å². The van der Waals surface area contributed by atoms with Gasteiger partial charge in [-0.25, -0.2) is 39.1 Å². The maximum Gasteiger partial charge on any atom is 0.235 e. The first kappa shape index (κ1) is 24.5. The van der Waals surface area contributed by atoms with Gasteiger partial charge in [-0.1, -0.05) is 20.8 Å². The average molecular weight is 376 g/mol. The highest BCUT2D eigenvalue weighted by Crippen LogP contribution is 2.47. The Balaban J connectivity index is 0.000000541. The van der Waals surface area contributed by atoms with Gasteiger partial charge in [0.15, 0.2) is 0 Å². The molecule has 0 N–H and O–H groups in total. The fourth-order valence-electron chi connectivity index (χ4n) is 3.74. The SMILES string of the molecule is CC1(C)CC(N=C=O)CC(C)(CN=C=O)C1.O=C=NCCCCCN=C=O. The second-order valence-corrected chi connectivity index (χ2v) is 7.85. The van der Waals surface area contributed by atoms with Crippen LogP contribution in [0.25, 0.3) is 0 Å². The van der Waals surface area contributed by atoms with Crippen LogP contribution in [-0.2, 0) is 19.2 Å². The molecule has 0 spiro atoms. The fourth-order valence-corrected chi connectivity index (χ4v) is 3.74. The zero-order chi connectivity index (χ0) is 20.6. The molecule has 0 radical (unpaired) electrons. The van der Waals surface area contributed by atoms with Crippen LogP contribution in [-0.4, -0.2) is 50.0 Å². The first-order valence-electron chi connectivity index (χ1n) is 9.00. The molecule has 1 aliphatic carbocycles. The predicted molar refractivity (Wildman–Crippen MR) is 100 cm³/mol. The number of isocyanates is 4. The highest BCUT2D eigenvalue weighted by Gasteiger charge is 2.41. The second-order valence-electron chi connectivity index (χ2n) is 7.85. The van der Waals surface area contributed by atoms with Gasteiger partial charge >= 0.3 is 0 Å². The van der Waals surface area contributed by atoms with E-state index in [2.05, 4.69) is 40.7 Å². The lowest BCUT2D eigenvalue weighted by atomic mass is 9.63. The fraction of sp³-hybridized carbons (Fsp3) is 0.789. The van der Waals surface area contributed by atoms with Gasteiger partial charge in [-0.05, 0) is 49.4 Å². The molecule has 1 fully saturated rings. The van der Waals surface area contributed by atoms with Gasteiger partial charge in [-0.2, -0.15) is 0 Å². The maximum atomic E-state index is 10.3. The molecule has 0 aromatic heterocycles. The summed E-state index contributed by atoms with van der Waals surface area (Å²) in [6.45, 7) is 7.90. The van der Waals surface area contributed by atoms with Crippen molar-refractivity contribution in [1.29, 1.82) is 0 Å². The van der Waals surface area contributed by atoms with Gasteiger partial charge in [0.05, 0.1) is 25.7 Å². The molecule has 27 heavy (non-hydrogen) atoms. The van der Waals surface area contributed by atoms with Crippen molar-refractivity contribution in [3.8, 4) is 0 Å². The lowest BCUT2D eigenvalue weighted by Crippen LogP contribution is -2.39. The van der Waals surface area contributed by atoms with Crippen LogP contribution < -0.4 is 0 Å². The number of hydrogen-bond acceptors (Lipinski definition) is 8. The summed E-state index contributed by atoms with van der Waals surface area (Å²) < 4.78 is 0. The summed E-state index contributed by atoms with van der Waals surface area (Å²) >= 11 is 0. The van der Waals surface area contributed by atoms with Crippen LogP contribution in [0, 0.1) is 10.8 Å². The number of unbranched alkanes of at least 4 members (excludes halogenated alkanes) is 2. The summed E-state index contributed by atoms with van der Waals surface area (Å²) in [7, 11) is 0. The van der Waals surface area contributed by atoms with Crippen LogP contribution in [0.2, 0.25) is 0 Å². The molecule has 1 aliphatic rings. The molecule has 0 bridgehead atoms. The van der Waals surface area contributed by atoms with Gasteiger partial charge in [-0.15, -0.1) is 0 Å².